The molecule has 1 aromatic carbocycles. The van der Waals surface area contributed by atoms with Gasteiger partial charge in [-0.1, -0.05) is 13.0 Å². The van der Waals surface area contributed by atoms with Crippen LogP contribution >= 0.6 is 0 Å². The Morgan fingerprint density at radius 3 is 2.80 bits per heavy atom. The standard InChI is InChI=1S/C16H26N2O2/c1-5-14-11-18(9-8-17(14)3)12(2)13-6-7-15(19)16(10-13)20-4/h6-7,10,12,14,19H,5,8-9,11H2,1-4H3. The third kappa shape index (κ3) is 3.07. The zero-order chi connectivity index (χ0) is 14.7. The number of phenols is 1. The number of nitrogens with zero attached hydrogens (tertiary/aromatic N) is 2. The predicted octanol–water partition coefficient (Wildman–Crippen LogP) is 2.49. The summed E-state index contributed by atoms with van der Waals surface area (Å²) in [5.74, 6) is 0.754. The molecule has 0 spiro atoms. The van der Waals surface area contributed by atoms with Crippen molar-refractivity contribution in [3.05, 3.63) is 23.8 Å². The van der Waals surface area contributed by atoms with Crippen molar-refractivity contribution >= 4 is 0 Å². The molecule has 2 rings (SSSR count). The van der Waals surface area contributed by atoms with Crippen LogP contribution < -0.4 is 4.74 Å². The summed E-state index contributed by atoms with van der Waals surface area (Å²) in [4.78, 5) is 4.96. The van der Waals surface area contributed by atoms with Gasteiger partial charge in [0, 0.05) is 31.7 Å². The first-order valence-electron chi connectivity index (χ1n) is 7.38. The number of ether oxygens (including phenoxy) is 1. The minimum absolute atomic E-state index is 0.202. The summed E-state index contributed by atoms with van der Waals surface area (Å²) in [5.41, 5.74) is 1.19. The van der Waals surface area contributed by atoms with Gasteiger partial charge < -0.3 is 14.7 Å². The number of rotatable bonds is 4. The molecular formula is C16H26N2O2. The van der Waals surface area contributed by atoms with Gasteiger partial charge in [-0.05, 0) is 38.1 Å². The number of hydrogen-bond acceptors (Lipinski definition) is 4. The van der Waals surface area contributed by atoms with Gasteiger partial charge in [-0.15, -0.1) is 0 Å². The Morgan fingerprint density at radius 1 is 1.40 bits per heavy atom. The highest BCUT2D eigenvalue weighted by Gasteiger charge is 2.26. The Hall–Kier alpha value is -1.26. The van der Waals surface area contributed by atoms with Gasteiger partial charge in [0.25, 0.3) is 0 Å². The summed E-state index contributed by atoms with van der Waals surface area (Å²) in [7, 11) is 3.80. The topological polar surface area (TPSA) is 35.9 Å². The monoisotopic (exact) mass is 278 g/mol. The second-order valence-corrected chi connectivity index (χ2v) is 5.64. The average molecular weight is 278 g/mol. The van der Waals surface area contributed by atoms with Gasteiger partial charge in [-0.2, -0.15) is 0 Å². The van der Waals surface area contributed by atoms with E-state index in [2.05, 4.69) is 30.7 Å². The van der Waals surface area contributed by atoms with Gasteiger partial charge >= 0.3 is 0 Å². The van der Waals surface area contributed by atoms with Crippen LogP contribution in [-0.4, -0.2) is 54.7 Å². The zero-order valence-corrected chi connectivity index (χ0v) is 13.0. The summed E-state index contributed by atoms with van der Waals surface area (Å²) in [6.07, 6.45) is 1.18. The summed E-state index contributed by atoms with van der Waals surface area (Å²) >= 11 is 0. The maximum Gasteiger partial charge on any atom is 0.160 e. The van der Waals surface area contributed by atoms with E-state index in [0.717, 1.165) is 19.6 Å². The highest BCUT2D eigenvalue weighted by molar-refractivity contribution is 5.42. The van der Waals surface area contributed by atoms with Crippen LogP contribution in [0.15, 0.2) is 18.2 Å². The van der Waals surface area contributed by atoms with Crippen LogP contribution in [-0.2, 0) is 0 Å². The Balaban J connectivity index is 2.12. The van der Waals surface area contributed by atoms with Crippen LogP contribution in [0.3, 0.4) is 0 Å². The SMILES string of the molecule is CCC1CN(C(C)c2ccc(O)c(OC)c2)CCN1C. The molecule has 0 aliphatic carbocycles. The number of phenolic OH excluding ortho intramolecular Hbond substituents is 1. The van der Waals surface area contributed by atoms with Gasteiger partial charge in [-0.25, -0.2) is 0 Å². The van der Waals surface area contributed by atoms with Crippen molar-refractivity contribution in [2.24, 2.45) is 0 Å². The maximum atomic E-state index is 9.70. The van der Waals surface area contributed by atoms with Crippen LogP contribution in [0.25, 0.3) is 0 Å². The van der Waals surface area contributed by atoms with Gasteiger partial charge in [-0.3, -0.25) is 4.90 Å². The summed E-state index contributed by atoms with van der Waals surface area (Å²) in [6.45, 7) is 7.76. The first-order chi connectivity index (χ1) is 9.56. The van der Waals surface area contributed by atoms with Gasteiger partial charge in [0.1, 0.15) is 0 Å². The summed E-state index contributed by atoms with van der Waals surface area (Å²) < 4.78 is 5.21. The lowest BCUT2D eigenvalue weighted by molar-refractivity contribution is 0.0674. The lowest BCUT2D eigenvalue weighted by Gasteiger charge is -2.42. The molecule has 1 fully saturated rings. The maximum absolute atomic E-state index is 9.70. The number of aromatic hydroxyl groups is 1. The third-order valence-corrected chi connectivity index (χ3v) is 4.51. The number of hydrogen-bond donors (Lipinski definition) is 1. The van der Waals surface area contributed by atoms with E-state index in [1.54, 1.807) is 13.2 Å². The van der Waals surface area contributed by atoms with Crippen molar-refractivity contribution < 1.29 is 9.84 Å². The largest absolute Gasteiger partial charge is 0.504 e. The molecule has 112 valence electrons. The van der Waals surface area contributed by atoms with Crippen molar-refractivity contribution in [2.75, 3.05) is 33.8 Å². The highest BCUT2D eigenvalue weighted by Crippen LogP contribution is 2.31. The van der Waals surface area contributed by atoms with Crippen LogP contribution in [0.1, 0.15) is 31.9 Å². The molecule has 0 bridgehead atoms. The Kier molecular flexibility index (Phi) is 4.89. The van der Waals surface area contributed by atoms with Crippen LogP contribution in [0, 0.1) is 0 Å². The molecule has 0 aromatic heterocycles. The lowest BCUT2D eigenvalue weighted by atomic mass is 10.0. The fraction of sp³-hybridized carbons (Fsp3) is 0.625. The average Bonchev–Trinajstić information content (AvgIpc) is 2.47. The fourth-order valence-corrected chi connectivity index (χ4v) is 2.93. The molecule has 0 radical (unpaired) electrons. The molecule has 0 saturated carbocycles. The quantitative estimate of drug-likeness (QED) is 0.918. The number of likely N-dealkylation sites (N-methyl/N-ethyl adjacent to an activating group) is 1. The van der Waals surface area contributed by atoms with E-state index in [4.69, 9.17) is 4.74 Å². The van der Waals surface area contributed by atoms with E-state index >= 15 is 0 Å². The molecule has 1 saturated heterocycles. The van der Waals surface area contributed by atoms with E-state index < -0.39 is 0 Å². The Bertz CT molecular complexity index is 450. The van der Waals surface area contributed by atoms with E-state index in [1.807, 2.05) is 12.1 Å². The van der Waals surface area contributed by atoms with Crippen molar-refractivity contribution in [3.8, 4) is 11.5 Å². The number of piperazine rings is 1. The first kappa shape index (κ1) is 15.1. The smallest absolute Gasteiger partial charge is 0.160 e. The molecule has 1 heterocycles. The minimum atomic E-state index is 0.202. The Labute approximate surface area is 122 Å². The van der Waals surface area contributed by atoms with E-state index in [-0.39, 0.29) is 5.75 Å². The zero-order valence-electron chi connectivity index (χ0n) is 13.0. The number of methoxy groups -OCH3 is 1. The molecule has 20 heavy (non-hydrogen) atoms. The molecule has 0 amide bonds. The van der Waals surface area contributed by atoms with Gasteiger partial charge in [0.2, 0.25) is 0 Å². The van der Waals surface area contributed by atoms with Crippen LogP contribution in [0.2, 0.25) is 0 Å². The van der Waals surface area contributed by atoms with E-state index in [9.17, 15) is 5.11 Å². The molecule has 4 nitrogen and oxygen atoms in total. The second-order valence-electron chi connectivity index (χ2n) is 5.64. The summed E-state index contributed by atoms with van der Waals surface area (Å²) in [5, 5.41) is 9.70. The van der Waals surface area contributed by atoms with Crippen molar-refractivity contribution in [1.29, 1.82) is 0 Å². The van der Waals surface area contributed by atoms with Gasteiger partial charge in [0.15, 0.2) is 11.5 Å². The van der Waals surface area contributed by atoms with Crippen molar-refractivity contribution in [3.63, 3.8) is 0 Å². The number of benzene rings is 1. The van der Waals surface area contributed by atoms with Gasteiger partial charge in [0.05, 0.1) is 7.11 Å². The van der Waals surface area contributed by atoms with Crippen LogP contribution in [0.4, 0.5) is 0 Å². The molecule has 2 unspecified atom stereocenters. The second kappa shape index (κ2) is 6.46. The molecule has 4 heteroatoms. The third-order valence-electron chi connectivity index (χ3n) is 4.51. The van der Waals surface area contributed by atoms with Crippen molar-refractivity contribution in [2.45, 2.75) is 32.4 Å². The molecule has 1 aliphatic rings. The van der Waals surface area contributed by atoms with Crippen LogP contribution in [0.5, 0.6) is 11.5 Å². The minimum Gasteiger partial charge on any atom is -0.504 e. The fourth-order valence-electron chi connectivity index (χ4n) is 2.93. The molecule has 2 atom stereocenters. The molecule has 1 aromatic rings. The molecular weight excluding hydrogens is 252 g/mol. The predicted molar refractivity (Wildman–Crippen MR) is 81.4 cm³/mol. The molecule has 1 N–H and O–H groups in total. The van der Waals surface area contributed by atoms with Crippen molar-refractivity contribution in [1.82, 2.24) is 9.80 Å². The molecule has 1 aliphatic heterocycles. The summed E-state index contributed by atoms with van der Waals surface area (Å²) in [6, 6.07) is 6.62. The Morgan fingerprint density at radius 2 is 2.15 bits per heavy atom. The normalized spacial score (nSPS) is 22.7. The first-order valence-corrected chi connectivity index (χ1v) is 7.38. The lowest BCUT2D eigenvalue weighted by Crippen LogP contribution is -2.51. The van der Waals surface area contributed by atoms with E-state index in [0.29, 0.717) is 17.8 Å². The highest BCUT2D eigenvalue weighted by atomic mass is 16.5. The van der Waals surface area contributed by atoms with E-state index in [1.165, 1.54) is 12.0 Å².